The van der Waals surface area contributed by atoms with Gasteiger partial charge in [-0.15, -0.1) is 24.0 Å². The molecule has 1 aliphatic rings. The van der Waals surface area contributed by atoms with Crippen LogP contribution in [0.3, 0.4) is 0 Å². The summed E-state index contributed by atoms with van der Waals surface area (Å²) in [5.74, 6) is 1.47. The third kappa shape index (κ3) is 5.34. The van der Waals surface area contributed by atoms with Crippen LogP contribution in [0.2, 0.25) is 0 Å². The lowest BCUT2D eigenvalue weighted by atomic mass is 10.1. The van der Waals surface area contributed by atoms with E-state index in [9.17, 15) is 8.78 Å². The molecule has 4 rings (SSSR count). The monoisotopic (exact) mass is 558 g/mol. The molecule has 3 N–H and O–H groups in total. The van der Waals surface area contributed by atoms with Gasteiger partial charge in [0.1, 0.15) is 5.75 Å². The molecular formula is C22H25F2IN4O3. The first-order valence-corrected chi connectivity index (χ1v) is 9.93. The van der Waals surface area contributed by atoms with Crippen LogP contribution in [-0.4, -0.2) is 37.9 Å². The van der Waals surface area contributed by atoms with Crippen molar-refractivity contribution in [2.24, 2.45) is 4.99 Å². The molecule has 1 aromatic heterocycles. The van der Waals surface area contributed by atoms with Crippen molar-refractivity contribution in [1.82, 2.24) is 15.6 Å². The summed E-state index contributed by atoms with van der Waals surface area (Å²) in [6, 6.07) is 11.2. The Hall–Kier alpha value is -2.76. The maximum absolute atomic E-state index is 12.8. The van der Waals surface area contributed by atoms with Crippen LogP contribution in [-0.2, 0) is 13.0 Å². The molecule has 0 saturated carbocycles. The zero-order valence-corrected chi connectivity index (χ0v) is 20.0. The number of hydrogen-bond acceptors (Lipinski definition) is 4. The van der Waals surface area contributed by atoms with Crippen molar-refractivity contribution in [2.75, 3.05) is 20.4 Å². The number of aliphatic imine (C=N–C) groups is 1. The minimum Gasteiger partial charge on any atom is -0.454 e. The number of aromatic amines is 1. The fourth-order valence-electron chi connectivity index (χ4n) is 3.67. The van der Waals surface area contributed by atoms with Crippen LogP contribution in [0.4, 0.5) is 8.78 Å². The molecule has 10 heteroatoms. The first-order valence-electron chi connectivity index (χ1n) is 9.93. The lowest BCUT2D eigenvalue weighted by Crippen LogP contribution is -2.38. The average Bonchev–Trinajstić information content (AvgIpc) is 3.33. The van der Waals surface area contributed by atoms with Crippen LogP contribution in [0, 0.1) is 6.92 Å². The molecule has 0 amide bonds. The summed E-state index contributed by atoms with van der Waals surface area (Å²) >= 11 is 0. The lowest BCUT2D eigenvalue weighted by molar-refractivity contribution is -0.0505. The number of para-hydroxylation sites is 1. The van der Waals surface area contributed by atoms with Gasteiger partial charge in [0.15, 0.2) is 17.5 Å². The second-order valence-electron chi connectivity index (χ2n) is 7.07. The van der Waals surface area contributed by atoms with Gasteiger partial charge in [0.05, 0.1) is 0 Å². The number of H-pyrrole nitrogens is 1. The maximum atomic E-state index is 12.8. The predicted molar refractivity (Wildman–Crippen MR) is 130 cm³/mol. The summed E-state index contributed by atoms with van der Waals surface area (Å²) in [5.41, 5.74) is 4.02. The average molecular weight is 558 g/mol. The van der Waals surface area contributed by atoms with E-state index in [1.807, 2.05) is 12.1 Å². The number of aromatic nitrogens is 1. The highest BCUT2D eigenvalue weighted by Crippen LogP contribution is 2.38. The highest BCUT2D eigenvalue weighted by Gasteiger charge is 2.20. The fourth-order valence-corrected chi connectivity index (χ4v) is 3.67. The zero-order valence-electron chi connectivity index (χ0n) is 17.7. The largest absolute Gasteiger partial charge is 0.454 e. The van der Waals surface area contributed by atoms with Gasteiger partial charge < -0.3 is 29.8 Å². The molecule has 7 nitrogen and oxygen atoms in total. The summed E-state index contributed by atoms with van der Waals surface area (Å²) < 4.78 is 40.9. The smallest absolute Gasteiger partial charge is 0.387 e. The molecule has 0 radical (unpaired) electrons. The molecule has 0 saturated heterocycles. The normalized spacial score (nSPS) is 12.7. The van der Waals surface area contributed by atoms with E-state index in [4.69, 9.17) is 9.47 Å². The minimum absolute atomic E-state index is 0. The van der Waals surface area contributed by atoms with Crippen LogP contribution < -0.4 is 24.8 Å². The number of nitrogens with zero attached hydrogens (tertiary/aromatic N) is 1. The molecule has 2 aromatic carbocycles. The number of guanidine groups is 1. The zero-order chi connectivity index (χ0) is 21.8. The van der Waals surface area contributed by atoms with Crippen LogP contribution >= 0.6 is 24.0 Å². The van der Waals surface area contributed by atoms with Crippen LogP contribution in [0.25, 0.3) is 10.9 Å². The SMILES string of the molecule is CN=C(NCCc1c(C)[nH]c2ccccc12)NCc1cc2c(cc1OC(F)F)OCO2.I. The topological polar surface area (TPSA) is 79.9 Å². The molecule has 0 bridgehead atoms. The Morgan fingerprint density at radius 3 is 2.69 bits per heavy atom. The van der Waals surface area contributed by atoms with E-state index in [2.05, 4.69) is 44.4 Å². The van der Waals surface area contributed by atoms with Crippen molar-refractivity contribution < 1.29 is 23.0 Å². The molecule has 172 valence electrons. The van der Waals surface area contributed by atoms with E-state index in [1.165, 1.54) is 17.0 Å². The number of hydrogen-bond donors (Lipinski definition) is 3. The van der Waals surface area contributed by atoms with E-state index >= 15 is 0 Å². The van der Waals surface area contributed by atoms with Gasteiger partial charge in [-0.2, -0.15) is 8.78 Å². The van der Waals surface area contributed by atoms with Crippen LogP contribution in [0.1, 0.15) is 16.8 Å². The second-order valence-corrected chi connectivity index (χ2v) is 7.07. The quantitative estimate of drug-likeness (QED) is 0.229. The molecule has 32 heavy (non-hydrogen) atoms. The Balaban J connectivity index is 0.00000289. The molecule has 2 heterocycles. The number of benzene rings is 2. The Labute approximate surface area is 201 Å². The highest BCUT2D eigenvalue weighted by molar-refractivity contribution is 14.0. The van der Waals surface area contributed by atoms with Crippen molar-refractivity contribution in [2.45, 2.75) is 26.5 Å². The van der Waals surface area contributed by atoms with Gasteiger partial charge in [-0.1, -0.05) is 18.2 Å². The van der Waals surface area contributed by atoms with Crippen molar-refractivity contribution in [3.63, 3.8) is 0 Å². The second kappa shape index (κ2) is 10.7. The van der Waals surface area contributed by atoms with E-state index in [0.717, 1.165) is 17.6 Å². The molecule has 0 aliphatic carbocycles. The van der Waals surface area contributed by atoms with E-state index in [0.29, 0.717) is 29.6 Å². The van der Waals surface area contributed by atoms with Gasteiger partial charge in [0, 0.05) is 48.4 Å². The number of aryl methyl sites for hydroxylation is 1. The summed E-state index contributed by atoms with van der Waals surface area (Å²) in [6.45, 7) is 0.0635. The fraction of sp³-hybridized carbons (Fsp3) is 0.318. The standard InChI is InChI=1S/C22H24F2N4O3.HI/c1-13-15(16-5-3-4-6-17(16)28-13)7-8-26-22(25-2)27-11-14-9-19-20(30-12-29-19)10-18(14)31-21(23)24;/h3-6,9-10,21,28H,7-8,11-12H2,1-2H3,(H2,25,26,27);1H. The van der Waals surface area contributed by atoms with Gasteiger partial charge >= 0.3 is 6.61 Å². The number of rotatable bonds is 7. The van der Waals surface area contributed by atoms with Crippen molar-refractivity contribution in [1.29, 1.82) is 0 Å². The summed E-state index contributed by atoms with van der Waals surface area (Å²) in [7, 11) is 1.66. The molecule has 0 atom stereocenters. The summed E-state index contributed by atoms with van der Waals surface area (Å²) in [6.07, 6.45) is 0.806. The van der Waals surface area contributed by atoms with Gasteiger partial charge in [-0.25, -0.2) is 0 Å². The number of nitrogens with one attached hydrogen (secondary N) is 3. The van der Waals surface area contributed by atoms with Gasteiger partial charge in [0.2, 0.25) is 6.79 Å². The van der Waals surface area contributed by atoms with Crippen molar-refractivity contribution >= 4 is 40.8 Å². The molecule has 1 aliphatic heterocycles. The van der Waals surface area contributed by atoms with Crippen LogP contribution in [0.5, 0.6) is 17.2 Å². The molecular weight excluding hydrogens is 533 g/mol. The van der Waals surface area contributed by atoms with E-state index in [-0.39, 0.29) is 43.1 Å². The van der Waals surface area contributed by atoms with Crippen LogP contribution in [0.15, 0.2) is 41.4 Å². The Kier molecular flexibility index (Phi) is 7.99. The number of ether oxygens (including phenoxy) is 3. The van der Waals surface area contributed by atoms with Gasteiger partial charge in [-0.05, 0) is 31.0 Å². The first kappa shape index (κ1) is 23.9. The lowest BCUT2D eigenvalue weighted by Gasteiger charge is -2.15. The van der Waals surface area contributed by atoms with Gasteiger partial charge in [-0.3, -0.25) is 4.99 Å². The Bertz CT molecular complexity index is 1100. The Morgan fingerprint density at radius 2 is 1.94 bits per heavy atom. The molecule has 0 unspecified atom stereocenters. The number of alkyl halides is 2. The summed E-state index contributed by atoms with van der Waals surface area (Å²) in [4.78, 5) is 7.61. The summed E-state index contributed by atoms with van der Waals surface area (Å²) in [5, 5.41) is 7.60. The molecule has 0 fully saturated rings. The maximum Gasteiger partial charge on any atom is 0.387 e. The van der Waals surface area contributed by atoms with E-state index < -0.39 is 6.61 Å². The van der Waals surface area contributed by atoms with Crippen molar-refractivity contribution in [3.05, 3.63) is 53.2 Å². The Morgan fingerprint density at radius 1 is 1.19 bits per heavy atom. The minimum atomic E-state index is -2.93. The predicted octanol–water partition coefficient (Wildman–Crippen LogP) is 4.33. The third-order valence-electron chi connectivity index (χ3n) is 5.14. The number of halogens is 3. The van der Waals surface area contributed by atoms with Crippen molar-refractivity contribution in [3.8, 4) is 17.2 Å². The number of fused-ring (bicyclic) bond motifs is 2. The first-order chi connectivity index (χ1) is 15.0. The molecule has 3 aromatic rings. The highest BCUT2D eigenvalue weighted by atomic mass is 127. The molecule has 0 spiro atoms. The van der Waals surface area contributed by atoms with E-state index in [1.54, 1.807) is 13.1 Å². The third-order valence-corrected chi connectivity index (χ3v) is 5.14. The van der Waals surface area contributed by atoms with Gasteiger partial charge in [0.25, 0.3) is 0 Å².